The predicted octanol–water partition coefficient (Wildman–Crippen LogP) is 17.7. The minimum atomic E-state index is -1.63. The zero-order valence-corrected chi connectivity index (χ0v) is 54.8. The summed E-state index contributed by atoms with van der Waals surface area (Å²) in [5.74, 6) is -1.25. The Morgan fingerprint density at radius 2 is 0.828 bits per heavy atom. The molecule has 1 amide bonds. The van der Waals surface area contributed by atoms with Crippen LogP contribution in [0.15, 0.2) is 146 Å². The van der Waals surface area contributed by atoms with Crippen molar-refractivity contribution in [1.29, 1.82) is 0 Å². The van der Waals surface area contributed by atoms with Crippen molar-refractivity contribution < 1.29 is 49.3 Å². The second kappa shape index (κ2) is 61.8. The lowest BCUT2D eigenvalue weighted by atomic mass is 9.99. The van der Waals surface area contributed by atoms with Gasteiger partial charge in [0.05, 0.1) is 25.4 Å². The summed E-state index contributed by atoms with van der Waals surface area (Å²) in [5, 5.41) is 57.1. The average Bonchev–Trinajstić information content (AvgIpc) is 1.56. The molecule has 0 aromatic carbocycles. The van der Waals surface area contributed by atoms with E-state index in [0.717, 1.165) is 128 Å². The SMILES string of the molecule is CC/C=C\C/C=C\C/C=C\C/C=C\C/C=C\C/C=C\CCCC(O)C(=O)NC(COC1OC(CO)C(O)C(O)C1OC(=O)CCCCCCCCCCCCC/C=C\C/C=C\C/C=C\C/C=C\C/C=C\CC)C(O)/C=C/CCCCCCCCCCC. The van der Waals surface area contributed by atoms with Crippen LogP contribution in [-0.2, 0) is 23.8 Å². The molecule has 0 bridgehead atoms. The fourth-order valence-corrected chi connectivity index (χ4v) is 9.86. The molecule has 1 saturated heterocycles. The number of hydrogen-bond donors (Lipinski definition) is 6. The normalized spacial score (nSPS) is 19.2. The van der Waals surface area contributed by atoms with Crippen molar-refractivity contribution >= 4 is 11.9 Å². The number of amides is 1. The van der Waals surface area contributed by atoms with Gasteiger partial charge in [-0.15, -0.1) is 0 Å². The zero-order chi connectivity index (χ0) is 63.1. The standard InChI is InChI=1S/C76H125NO10/c1-4-7-10-13-16-19-22-24-26-28-30-32-33-34-35-36-37-38-40-42-44-46-49-52-55-58-61-64-71(81)87-74-73(83)72(82)70(65-78)86-76(74)85-66-67(68(79)62-59-56-53-50-47-21-18-15-12-9-6-3)77-75(84)69(80)63-60-57-54-51-48-45-43-41-39-31-29-27-25-23-20-17-14-11-8-5-2/h7-8,10-11,16-17,19-20,24-27,30-32,34-35,39,43,45,51,54,59,62,67-70,72-74,76,78-80,82-83H,4-6,9,12-15,18,21-23,28-29,33,36-38,40-42,44,46-50,52-53,55-58,60-61,63-66H2,1-3H3,(H,77,84)/b10-7-,11-8-,19-16-,20-17-,26-24-,27-25-,32-30-,35-34-,39-31-,45-43-,54-51-,62-59+. The minimum absolute atomic E-state index is 0.105. The van der Waals surface area contributed by atoms with Crippen molar-refractivity contribution in [3.63, 3.8) is 0 Å². The molecule has 6 N–H and O–H groups in total. The Labute approximate surface area is 530 Å². The lowest BCUT2D eigenvalue weighted by Crippen LogP contribution is -2.61. The topological polar surface area (TPSA) is 175 Å². The number of allylic oxidation sites excluding steroid dienone is 23. The summed E-state index contributed by atoms with van der Waals surface area (Å²) in [6.45, 7) is 5.53. The van der Waals surface area contributed by atoms with Gasteiger partial charge in [-0.1, -0.05) is 276 Å². The maximum atomic E-state index is 13.4. The first-order chi connectivity index (χ1) is 42.7. The second-order valence-corrected chi connectivity index (χ2v) is 23.1. The number of hydrogen-bond acceptors (Lipinski definition) is 10. The van der Waals surface area contributed by atoms with Crippen LogP contribution >= 0.6 is 0 Å². The molecule has 1 aliphatic heterocycles. The van der Waals surface area contributed by atoms with Crippen molar-refractivity contribution in [3.8, 4) is 0 Å². The van der Waals surface area contributed by atoms with Gasteiger partial charge in [0, 0.05) is 6.42 Å². The van der Waals surface area contributed by atoms with Crippen molar-refractivity contribution in [2.75, 3.05) is 13.2 Å². The van der Waals surface area contributed by atoms with E-state index >= 15 is 0 Å². The molecule has 8 atom stereocenters. The Hall–Kier alpha value is -4.46. The van der Waals surface area contributed by atoms with E-state index in [1.54, 1.807) is 6.08 Å². The van der Waals surface area contributed by atoms with E-state index in [1.165, 1.54) is 77.0 Å². The van der Waals surface area contributed by atoms with Gasteiger partial charge in [-0.05, 0) is 122 Å². The number of nitrogens with one attached hydrogen (secondary N) is 1. The zero-order valence-electron chi connectivity index (χ0n) is 54.8. The Bertz CT molecular complexity index is 1980. The molecule has 0 radical (unpaired) electrons. The van der Waals surface area contributed by atoms with Gasteiger partial charge < -0.3 is 45.1 Å². The molecular weight excluding hydrogens is 1090 g/mol. The summed E-state index contributed by atoms with van der Waals surface area (Å²) in [6.07, 6.45) is 78.9. The molecule has 1 aliphatic rings. The van der Waals surface area contributed by atoms with Gasteiger partial charge in [0.1, 0.15) is 24.4 Å². The Kier molecular flexibility index (Phi) is 57.2. The molecule has 0 aromatic heterocycles. The number of aliphatic hydroxyl groups excluding tert-OH is 5. The highest BCUT2D eigenvalue weighted by Gasteiger charge is 2.47. The Balaban J connectivity index is 2.60. The highest BCUT2D eigenvalue weighted by Crippen LogP contribution is 2.26. The lowest BCUT2D eigenvalue weighted by Gasteiger charge is -2.41. The molecule has 1 rings (SSSR count). The number of rotatable bonds is 57. The first kappa shape index (κ1) is 80.6. The number of ether oxygens (including phenoxy) is 3. The van der Waals surface area contributed by atoms with E-state index in [9.17, 15) is 35.1 Å². The molecule has 8 unspecified atom stereocenters. The highest BCUT2D eigenvalue weighted by atomic mass is 16.7. The number of carbonyl (C=O) groups excluding carboxylic acids is 2. The largest absolute Gasteiger partial charge is 0.454 e. The summed E-state index contributed by atoms with van der Waals surface area (Å²) < 4.78 is 17.6. The quantitative estimate of drug-likeness (QED) is 0.0195. The minimum Gasteiger partial charge on any atom is -0.454 e. The van der Waals surface area contributed by atoms with Crippen molar-refractivity contribution in [2.45, 2.75) is 307 Å². The predicted molar refractivity (Wildman–Crippen MR) is 365 cm³/mol. The fraction of sp³-hybridized carbons (Fsp3) is 0.658. The third-order valence-corrected chi connectivity index (χ3v) is 15.2. The number of aliphatic hydroxyl groups is 5. The van der Waals surface area contributed by atoms with Crippen LogP contribution in [0.4, 0.5) is 0 Å². The summed E-state index contributed by atoms with van der Waals surface area (Å²) >= 11 is 0. The summed E-state index contributed by atoms with van der Waals surface area (Å²) in [5.41, 5.74) is 0. The van der Waals surface area contributed by atoms with Crippen LogP contribution in [0, 0.1) is 0 Å². The van der Waals surface area contributed by atoms with E-state index in [4.69, 9.17) is 14.2 Å². The molecule has 0 aliphatic carbocycles. The molecule has 1 heterocycles. The highest BCUT2D eigenvalue weighted by molar-refractivity contribution is 5.80. The van der Waals surface area contributed by atoms with Gasteiger partial charge in [-0.3, -0.25) is 9.59 Å². The van der Waals surface area contributed by atoms with Crippen LogP contribution in [-0.4, -0.2) is 99.6 Å². The van der Waals surface area contributed by atoms with E-state index in [2.05, 4.69) is 154 Å². The Morgan fingerprint density at radius 3 is 1.24 bits per heavy atom. The first-order valence-corrected chi connectivity index (χ1v) is 34.6. The molecule has 494 valence electrons. The van der Waals surface area contributed by atoms with Crippen LogP contribution < -0.4 is 5.32 Å². The third kappa shape index (κ3) is 49.1. The van der Waals surface area contributed by atoms with Crippen LogP contribution in [0.25, 0.3) is 0 Å². The first-order valence-electron chi connectivity index (χ1n) is 34.6. The molecule has 1 fully saturated rings. The van der Waals surface area contributed by atoms with Crippen molar-refractivity contribution in [3.05, 3.63) is 146 Å². The number of esters is 1. The maximum absolute atomic E-state index is 13.4. The van der Waals surface area contributed by atoms with Crippen LogP contribution in [0.5, 0.6) is 0 Å². The second-order valence-electron chi connectivity index (χ2n) is 23.1. The Morgan fingerprint density at radius 1 is 0.460 bits per heavy atom. The third-order valence-electron chi connectivity index (χ3n) is 15.2. The molecular formula is C76H125NO10. The van der Waals surface area contributed by atoms with E-state index < -0.39 is 67.4 Å². The molecule has 11 nitrogen and oxygen atoms in total. The van der Waals surface area contributed by atoms with Crippen LogP contribution in [0.1, 0.15) is 258 Å². The summed E-state index contributed by atoms with van der Waals surface area (Å²) in [7, 11) is 0. The molecule has 11 heteroatoms. The summed E-state index contributed by atoms with van der Waals surface area (Å²) in [4.78, 5) is 26.6. The number of carbonyl (C=O) groups is 2. The van der Waals surface area contributed by atoms with Crippen molar-refractivity contribution in [2.24, 2.45) is 0 Å². The number of unbranched alkanes of at least 4 members (excludes halogenated alkanes) is 21. The smallest absolute Gasteiger partial charge is 0.306 e. The average molecular weight is 1210 g/mol. The van der Waals surface area contributed by atoms with Gasteiger partial charge >= 0.3 is 5.97 Å². The molecule has 0 aromatic rings. The lowest BCUT2D eigenvalue weighted by molar-refractivity contribution is -0.305. The van der Waals surface area contributed by atoms with Crippen LogP contribution in [0.3, 0.4) is 0 Å². The maximum Gasteiger partial charge on any atom is 0.306 e. The molecule has 0 spiro atoms. The molecule has 87 heavy (non-hydrogen) atoms. The summed E-state index contributed by atoms with van der Waals surface area (Å²) in [6, 6.07) is -1.06. The van der Waals surface area contributed by atoms with Crippen LogP contribution in [0.2, 0.25) is 0 Å². The van der Waals surface area contributed by atoms with Gasteiger partial charge in [0.15, 0.2) is 12.4 Å². The molecule has 0 saturated carbocycles. The van der Waals surface area contributed by atoms with E-state index in [1.807, 2.05) is 12.2 Å². The van der Waals surface area contributed by atoms with E-state index in [-0.39, 0.29) is 19.4 Å². The van der Waals surface area contributed by atoms with Crippen molar-refractivity contribution in [1.82, 2.24) is 5.32 Å². The van der Waals surface area contributed by atoms with Gasteiger partial charge in [0.2, 0.25) is 5.91 Å². The monoisotopic (exact) mass is 1210 g/mol. The van der Waals surface area contributed by atoms with Gasteiger partial charge in [0.25, 0.3) is 0 Å². The van der Waals surface area contributed by atoms with Gasteiger partial charge in [-0.25, -0.2) is 0 Å². The van der Waals surface area contributed by atoms with Gasteiger partial charge in [-0.2, -0.15) is 0 Å². The fourth-order valence-electron chi connectivity index (χ4n) is 9.86. The van der Waals surface area contributed by atoms with E-state index in [0.29, 0.717) is 19.3 Å².